The summed E-state index contributed by atoms with van der Waals surface area (Å²) in [7, 11) is 0. The lowest BCUT2D eigenvalue weighted by Gasteiger charge is -2.21. The molecule has 0 saturated carbocycles. The van der Waals surface area contributed by atoms with Gasteiger partial charge in [-0.25, -0.2) is 15.0 Å². The normalized spacial score (nSPS) is 16.4. The van der Waals surface area contributed by atoms with E-state index in [4.69, 9.17) is 15.0 Å². The summed E-state index contributed by atoms with van der Waals surface area (Å²) in [6, 6.07) is 52.5. The number of thiophene rings is 2. The molecule has 4 heterocycles. The van der Waals surface area contributed by atoms with E-state index in [0.29, 0.717) is 5.92 Å². The number of hydrogen-bond donors (Lipinski definition) is 0. The Labute approximate surface area is 356 Å². The van der Waals surface area contributed by atoms with Gasteiger partial charge in [0.25, 0.3) is 0 Å². The maximum Gasteiger partial charge on any atom is 0.160 e. The van der Waals surface area contributed by atoms with Crippen LogP contribution in [0.15, 0.2) is 194 Å². The van der Waals surface area contributed by atoms with Gasteiger partial charge in [0, 0.05) is 69.6 Å². The average molecular weight is 804 g/mol. The van der Waals surface area contributed by atoms with Crippen molar-refractivity contribution in [1.82, 2.24) is 15.0 Å². The van der Waals surface area contributed by atoms with Crippen LogP contribution >= 0.6 is 22.7 Å². The minimum absolute atomic E-state index is 0.136. The Morgan fingerprint density at radius 1 is 0.500 bits per heavy atom. The third-order valence-electron chi connectivity index (χ3n) is 12.1. The quantitative estimate of drug-likeness (QED) is 0.168. The monoisotopic (exact) mass is 803 g/mol. The highest BCUT2D eigenvalue weighted by atomic mass is 32.1. The number of pyridine rings is 1. The molecule has 12 rings (SSSR count). The Morgan fingerprint density at radius 3 is 2.07 bits per heavy atom. The lowest BCUT2D eigenvalue weighted by atomic mass is 9.85. The number of fused-ring (bicyclic) bond motifs is 8. The number of para-hydroxylation sites is 1. The molecule has 6 aromatic carbocycles. The Hall–Kier alpha value is -6.79. The van der Waals surface area contributed by atoms with E-state index >= 15 is 0 Å². The van der Waals surface area contributed by atoms with Crippen LogP contribution in [-0.4, -0.2) is 15.0 Å². The van der Waals surface area contributed by atoms with E-state index in [1.165, 1.54) is 56.9 Å². The van der Waals surface area contributed by atoms with Crippen LogP contribution in [0.4, 0.5) is 0 Å². The molecule has 60 heavy (non-hydrogen) atoms. The van der Waals surface area contributed by atoms with Gasteiger partial charge in [0.05, 0.1) is 27.3 Å². The largest absolute Gasteiger partial charge is 0.246 e. The van der Waals surface area contributed by atoms with Crippen molar-refractivity contribution in [3.8, 4) is 45.0 Å². The van der Waals surface area contributed by atoms with Gasteiger partial charge in [-0.1, -0.05) is 146 Å². The number of allylic oxidation sites excluding steroid dienone is 8. The molecule has 0 saturated heterocycles. The molecule has 0 spiro atoms. The first kappa shape index (κ1) is 35.2. The molecule has 4 aromatic heterocycles. The van der Waals surface area contributed by atoms with E-state index in [9.17, 15) is 0 Å². The van der Waals surface area contributed by atoms with Crippen LogP contribution in [0.1, 0.15) is 24.5 Å². The summed E-state index contributed by atoms with van der Waals surface area (Å²) in [5.41, 5.74) is 10.8. The molecule has 0 radical (unpaired) electrons. The minimum Gasteiger partial charge on any atom is -0.246 e. The average Bonchev–Trinajstić information content (AvgIpc) is 3.91. The van der Waals surface area contributed by atoms with Crippen molar-refractivity contribution in [2.75, 3.05) is 0 Å². The Bertz CT molecular complexity index is 3460. The van der Waals surface area contributed by atoms with E-state index in [0.717, 1.165) is 63.5 Å². The lowest BCUT2D eigenvalue weighted by Crippen LogP contribution is -2.08. The van der Waals surface area contributed by atoms with E-state index in [2.05, 4.69) is 188 Å². The summed E-state index contributed by atoms with van der Waals surface area (Å²) in [6.45, 7) is 0. The van der Waals surface area contributed by atoms with Crippen LogP contribution < -0.4 is 0 Å². The summed E-state index contributed by atoms with van der Waals surface area (Å²) < 4.78 is 5.04. The van der Waals surface area contributed by atoms with Crippen molar-refractivity contribution in [2.45, 2.75) is 18.8 Å². The van der Waals surface area contributed by atoms with Crippen molar-refractivity contribution in [3.63, 3.8) is 0 Å². The van der Waals surface area contributed by atoms with Crippen molar-refractivity contribution in [2.24, 2.45) is 5.92 Å². The van der Waals surface area contributed by atoms with Gasteiger partial charge in [0.1, 0.15) is 0 Å². The van der Waals surface area contributed by atoms with Gasteiger partial charge in [-0.2, -0.15) is 0 Å². The molecular weight excluding hydrogens is 767 g/mol. The van der Waals surface area contributed by atoms with Gasteiger partial charge in [-0.15, -0.1) is 22.7 Å². The molecular formula is C55H37N3S2. The summed E-state index contributed by atoms with van der Waals surface area (Å²) in [6.07, 6.45) is 17.9. The standard InChI is InChI=1S/C55H37N3S2/c1-3-14-34(15-4-1)35-26-28-36(29-27-35)47-33-48(58-55(57-47)37-16-5-2-6-17-37)39-30-38(41-21-13-22-43-42-18-8-11-24-49(42)59-53(41)43)31-40(32-39)52-54-51(44-19-7-10-23-46(44)56-52)45-20-9-12-25-50(45)60-54/h1-14,16-28,30-34,36H,15,29H2. The van der Waals surface area contributed by atoms with E-state index < -0.39 is 0 Å². The molecule has 0 amide bonds. The van der Waals surface area contributed by atoms with E-state index in [1.807, 2.05) is 22.7 Å². The number of nitrogens with zero attached hydrogens (tertiary/aromatic N) is 3. The van der Waals surface area contributed by atoms with Gasteiger partial charge in [-0.3, -0.25) is 0 Å². The first-order valence-corrected chi connectivity index (χ1v) is 22.3. The fourth-order valence-corrected chi connectivity index (χ4v) is 11.6. The third kappa shape index (κ3) is 6.04. The van der Waals surface area contributed by atoms with Gasteiger partial charge < -0.3 is 0 Å². The van der Waals surface area contributed by atoms with Crippen LogP contribution in [0.2, 0.25) is 0 Å². The topological polar surface area (TPSA) is 38.7 Å². The van der Waals surface area contributed by atoms with Gasteiger partial charge in [0.2, 0.25) is 0 Å². The zero-order chi connectivity index (χ0) is 39.6. The van der Waals surface area contributed by atoms with Crippen molar-refractivity contribution < 1.29 is 0 Å². The number of hydrogen-bond acceptors (Lipinski definition) is 5. The zero-order valence-corrected chi connectivity index (χ0v) is 34.3. The van der Waals surface area contributed by atoms with Crippen molar-refractivity contribution in [1.29, 1.82) is 0 Å². The molecule has 0 aliphatic heterocycles. The number of aromatic nitrogens is 3. The fourth-order valence-electron chi connectivity index (χ4n) is 9.15. The highest BCUT2D eigenvalue weighted by Gasteiger charge is 2.22. The first-order valence-electron chi connectivity index (χ1n) is 20.6. The maximum absolute atomic E-state index is 5.49. The van der Waals surface area contributed by atoms with Crippen LogP contribution in [0.5, 0.6) is 0 Å². The molecule has 10 aromatic rings. The molecule has 0 N–H and O–H groups in total. The summed E-state index contributed by atoms with van der Waals surface area (Å²) in [5, 5.41) is 6.29. The van der Waals surface area contributed by atoms with Crippen LogP contribution in [0.3, 0.4) is 0 Å². The molecule has 2 atom stereocenters. The summed E-state index contributed by atoms with van der Waals surface area (Å²) in [4.78, 5) is 16.2. The molecule has 2 aliphatic rings. The predicted molar refractivity (Wildman–Crippen MR) is 256 cm³/mol. The van der Waals surface area contributed by atoms with Crippen molar-refractivity contribution in [3.05, 3.63) is 199 Å². The van der Waals surface area contributed by atoms with Gasteiger partial charge in [-0.05, 0) is 72.0 Å². The van der Waals surface area contributed by atoms with Gasteiger partial charge >= 0.3 is 0 Å². The maximum atomic E-state index is 5.49. The van der Waals surface area contributed by atoms with Crippen molar-refractivity contribution >= 4 is 73.9 Å². The molecule has 5 heteroatoms. The minimum atomic E-state index is 0.136. The molecule has 0 fully saturated rings. The zero-order valence-electron chi connectivity index (χ0n) is 32.6. The Kier molecular flexibility index (Phi) is 8.50. The van der Waals surface area contributed by atoms with Crippen LogP contribution in [-0.2, 0) is 0 Å². The highest BCUT2D eigenvalue weighted by molar-refractivity contribution is 7.26. The first-order chi connectivity index (χ1) is 29.7. The Balaban J connectivity index is 1.09. The van der Waals surface area contributed by atoms with Crippen LogP contribution in [0.25, 0.3) is 96.3 Å². The second kappa shape index (κ2) is 14.5. The second-order valence-corrected chi connectivity index (χ2v) is 17.9. The molecule has 2 unspecified atom stereocenters. The number of benzene rings is 6. The SMILES string of the molecule is C1=CCC(C2=CCC(c3cc(-c4cc(-c5cccc6c5sc5ccccc56)cc(-c5nc6ccccc6c6c5sc5ccccc56)c4)nc(-c4ccccc4)n3)C=C2)C=C1. The Morgan fingerprint density at radius 2 is 1.23 bits per heavy atom. The fraction of sp³-hybridized carbons (Fsp3) is 0.0727. The lowest BCUT2D eigenvalue weighted by molar-refractivity contribution is 0.741. The highest BCUT2D eigenvalue weighted by Crippen LogP contribution is 2.46. The number of rotatable bonds is 6. The predicted octanol–water partition coefficient (Wildman–Crippen LogP) is 15.5. The smallest absolute Gasteiger partial charge is 0.160 e. The van der Waals surface area contributed by atoms with E-state index in [1.54, 1.807) is 0 Å². The molecule has 2 aliphatic carbocycles. The van der Waals surface area contributed by atoms with Gasteiger partial charge in [0.15, 0.2) is 5.82 Å². The van der Waals surface area contributed by atoms with E-state index in [-0.39, 0.29) is 5.92 Å². The molecule has 284 valence electrons. The second-order valence-electron chi connectivity index (χ2n) is 15.8. The summed E-state index contributed by atoms with van der Waals surface area (Å²) >= 11 is 3.70. The molecule has 3 nitrogen and oxygen atoms in total. The molecule has 0 bridgehead atoms. The third-order valence-corrected chi connectivity index (χ3v) is 14.5. The summed E-state index contributed by atoms with van der Waals surface area (Å²) in [5.74, 6) is 1.30. The van der Waals surface area contributed by atoms with Crippen LogP contribution in [0, 0.1) is 5.92 Å².